The van der Waals surface area contributed by atoms with Crippen molar-refractivity contribution in [3.05, 3.63) is 88.5 Å². The number of allylic oxidation sites excluding steroid dienone is 2. The van der Waals surface area contributed by atoms with Gasteiger partial charge in [0.25, 0.3) is 0 Å². The van der Waals surface area contributed by atoms with Gasteiger partial charge in [-0.2, -0.15) is 0 Å². The largest absolute Gasteiger partial charge is 0.487 e. The number of hydrogen-bond acceptors (Lipinski definition) is 6. The number of esters is 1. The molecule has 0 atom stereocenters. The van der Waals surface area contributed by atoms with Gasteiger partial charge in [0.05, 0.1) is 30.0 Å². The van der Waals surface area contributed by atoms with E-state index in [0.717, 1.165) is 5.56 Å². The Kier molecular flexibility index (Phi) is 8.33. The van der Waals surface area contributed by atoms with Crippen LogP contribution in [0.1, 0.15) is 15.9 Å². The molecular formula is C20H20ClFN2O4. The Morgan fingerprint density at radius 1 is 1.18 bits per heavy atom. The lowest BCUT2D eigenvalue weighted by molar-refractivity contribution is 0.0429. The average molecular weight is 407 g/mol. The molecule has 2 aromatic rings. The van der Waals surface area contributed by atoms with Crippen molar-refractivity contribution in [3.63, 3.8) is 0 Å². The minimum atomic E-state index is -0.406. The van der Waals surface area contributed by atoms with Crippen molar-refractivity contribution in [1.82, 2.24) is 5.48 Å². The molecule has 0 radical (unpaired) electrons. The lowest BCUT2D eigenvalue weighted by Crippen LogP contribution is -2.19. The second-order valence-corrected chi connectivity index (χ2v) is 5.98. The van der Waals surface area contributed by atoms with Crippen LogP contribution in [-0.4, -0.2) is 19.7 Å². The fraction of sp³-hybridized carbons (Fsp3) is 0.150. The van der Waals surface area contributed by atoms with Crippen molar-refractivity contribution in [1.29, 1.82) is 0 Å². The van der Waals surface area contributed by atoms with E-state index in [1.165, 1.54) is 37.6 Å². The van der Waals surface area contributed by atoms with Gasteiger partial charge in [-0.25, -0.2) is 9.18 Å². The summed E-state index contributed by atoms with van der Waals surface area (Å²) in [6, 6.07) is 12.4. The summed E-state index contributed by atoms with van der Waals surface area (Å²) in [5, 5.41) is 0.288. The molecule has 0 heterocycles. The molecule has 8 heteroatoms. The SMILES string of the molecule is COC(=O)c1ccc(CON/C(=C/C(Cl)=C\N)COc2ccc(F)cc2)cc1. The Morgan fingerprint density at radius 2 is 1.86 bits per heavy atom. The van der Waals surface area contributed by atoms with Gasteiger partial charge >= 0.3 is 5.97 Å². The van der Waals surface area contributed by atoms with Crippen LogP contribution in [0.5, 0.6) is 5.75 Å². The molecule has 0 unspecified atom stereocenters. The van der Waals surface area contributed by atoms with Crippen molar-refractivity contribution in [2.45, 2.75) is 6.61 Å². The number of halogens is 2. The number of nitrogens with two attached hydrogens (primary N) is 1. The molecule has 0 aliphatic carbocycles. The van der Waals surface area contributed by atoms with Gasteiger partial charge in [-0.3, -0.25) is 10.3 Å². The highest BCUT2D eigenvalue weighted by Gasteiger charge is 2.05. The predicted octanol–water partition coefficient (Wildman–Crippen LogP) is 3.64. The Bertz CT molecular complexity index is 836. The van der Waals surface area contributed by atoms with Crippen LogP contribution in [0.15, 0.2) is 71.5 Å². The smallest absolute Gasteiger partial charge is 0.337 e. The molecule has 6 nitrogen and oxygen atoms in total. The number of rotatable bonds is 9. The topological polar surface area (TPSA) is 82.8 Å². The Hall–Kier alpha value is -3.03. The maximum Gasteiger partial charge on any atom is 0.337 e. The minimum absolute atomic E-state index is 0.0942. The van der Waals surface area contributed by atoms with Crippen LogP contribution in [0.4, 0.5) is 4.39 Å². The highest BCUT2D eigenvalue weighted by atomic mass is 35.5. The molecule has 0 aliphatic heterocycles. The van der Waals surface area contributed by atoms with Gasteiger partial charge in [0, 0.05) is 6.20 Å². The number of carbonyl (C=O) groups excluding carboxylic acids is 1. The Labute approximate surface area is 167 Å². The lowest BCUT2D eigenvalue weighted by Gasteiger charge is -2.13. The van der Waals surface area contributed by atoms with Crippen LogP contribution in [-0.2, 0) is 16.2 Å². The fourth-order valence-electron chi connectivity index (χ4n) is 2.07. The standard InChI is InChI=1S/C20H20ClFN2O4/c1-26-20(25)15-4-2-14(3-5-15)12-28-24-18(10-16(21)11-23)13-27-19-8-6-17(22)7-9-19/h2-11,24H,12-13,23H2,1H3/b16-11+,18-10+. The van der Waals surface area contributed by atoms with Crippen LogP contribution < -0.4 is 16.0 Å². The lowest BCUT2D eigenvalue weighted by atomic mass is 10.1. The van der Waals surface area contributed by atoms with Gasteiger partial charge in [0.2, 0.25) is 0 Å². The van der Waals surface area contributed by atoms with Gasteiger partial charge < -0.3 is 15.2 Å². The van der Waals surface area contributed by atoms with Gasteiger partial charge in [0.1, 0.15) is 18.2 Å². The van der Waals surface area contributed by atoms with Crippen LogP contribution in [0.3, 0.4) is 0 Å². The first-order valence-corrected chi connectivity index (χ1v) is 8.61. The third-order valence-corrected chi connectivity index (χ3v) is 3.73. The molecule has 148 valence electrons. The first-order chi connectivity index (χ1) is 13.5. The van der Waals surface area contributed by atoms with Gasteiger partial charge in [0.15, 0.2) is 0 Å². The van der Waals surface area contributed by atoms with Crippen molar-refractivity contribution in [2.24, 2.45) is 5.73 Å². The summed E-state index contributed by atoms with van der Waals surface area (Å²) in [5.74, 6) is -0.269. The molecular weight excluding hydrogens is 387 g/mol. The molecule has 3 N–H and O–H groups in total. The molecule has 0 bridgehead atoms. The molecule has 0 saturated carbocycles. The maximum absolute atomic E-state index is 13.0. The van der Waals surface area contributed by atoms with Crippen molar-refractivity contribution >= 4 is 17.6 Å². The van der Waals surface area contributed by atoms with Gasteiger partial charge in [-0.1, -0.05) is 23.7 Å². The molecule has 0 amide bonds. The normalized spacial score (nSPS) is 11.8. The number of ether oxygens (including phenoxy) is 2. The van der Waals surface area contributed by atoms with Gasteiger partial charge in [-0.15, -0.1) is 0 Å². The van der Waals surface area contributed by atoms with E-state index < -0.39 is 5.97 Å². The van der Waals surface area contributed by atoms with Crippen LogP contribution in [0.2, 0.25) is 0 Å². The van der Waals surface area contributed by atoms with E-state index >= 15 is 0 Å². The maximum atomic E-state index is 13.0. The average Bonchev–Trinajstić information content (AvgIpc) is 2.72. The Balaban J connectivity index is 1.92. The van der Waals surface area contributed by atoms with E-state index in [1.807, 2.05) is 0 Å². The minimum Gasteiger partial charge on any atom is -0.487 e. The van der Waals surface area contributed by atoms with Crippen molar-refractivity contribution in [3.8, 4) is 5.75 Å². The summed E-state index contributed by atoms with van der Waals surface area (Å²) in [5.41, 5.74) is 9.93. The summed E-state index contributed by atoms with van der Waals surface area (Å²) in [6.07, 6.45) is 2.78. The zero-order chi connectivity index (χ0) is 20.4. The van der Waals surface area contributed by atoms with E-state index in [4.69, 9.17) is 26.9 Å². The number of hydroxylamine groups is 1. The zero-order valence-corrected chi connectivity index (χ0v) is 15.9. The van der Waals surface area contributed by atoms with Crippen LogP contribution >= 0.6 is 11.6 Å². The van der Waals surface area contributed by atoms with E-state index in [1.54, 1.807) is 30.3 Å². The highest BCUT2D eigenvalue weighted by molar-refractivity contribution is 6.31. The van der Waals surface area contributed by atoms with E-state index in [0.29, 0.717) is 17.0 Å². The number of nitrogens with one attached hydrogen (secondary N) is 1. The molecule has 0 aromatic heterocycles. The first-order valence-electron chi connectivity index (χ1n) is 8.23. The summed E-state index contributed by atoms with van der Waals surface area (Å²) >= 11 is 5.93. The summed E-state index contributed by atoms with van der Waals surface area (Å²) < 4.78 is 23.2. The van der Waals surface area contributed by atoms with Crippen LogP contribution in [0.25, 0.3) is 0 Å². The highest BCUT2D eigenvalue weighted by Crippen LogP contribution is 2.13. The second kappa shape index (κ2) is 11.0. The second-order valence-electron chi connectivity index (χ2n) is 5.54. The quantitative estimate of drug-likeness (QED) is 0.376. The third kappa shape index (κ3) is 6.94. The van der Waals surface area contributed by atoms with E-state index in [-0.39, 0.29) is 24.1 Å². The number of hydrogen-bond donors (Lipinski definition) is 2. The van der Waals surface area contributed by atoms with Crippen molar-refractivity contribution < 1.29 is 23.5 Å². The molecule has 2 rings (SSSR count). The van der Waals surface area contributed by atoms with Crippen LogP contribution in [0, 0.1) is 5.82 Å². The predicted molar refractivity (Wildman–Crippen MR) is 104 cm³/mol. The number of carbonyl (C=O) groups is 1. The summed E-state index contributed by atoms with van der Waals surface area (Å²) in [4.78, 5) is 16.9. The summed E-state index contributed by atoms with van der Waals surface area (Å²) in [6.45, 7) is 0.316. The molecule has 0 spiro atoms. The van der Waals surface area contributed by atoms with E-state index in [2.05, 4.69) is 10.2 Å². The third-order valence-electron chi connectivity index (χ3n) is 3.50. The van der Waals surface area contributed by atoms with E-state index in [9.17, 15) is 9.18 Å². The number of benzene rings is 2. The zero-order valence-electron chi connectivity index (χ0n) is 15.2. The monoisotopic (exact) mass is 406 g/mol. The van der Waals surface area contributed by atoms with Crippen molar-refractivity contribution in [2.75, 3.05) is 13.7 Å². The molecule has 2 aromatic carbocycles. The summed E-state index contributed by atoms with van der Waals surface area (Å²) in [7, 11) is 1.33. The van der Waals surface area contributed by atoms with Gasteiger partial charge in [-0.05, 0) is 48.0 Å². The Morgan fingerprint density at radius 3 is 2.46 bits per heavy atom. The fourth-order valence-corrected chi connectivity index (χ4v) is 2.21. The molecule has 0 saturated heterocycles. The number of methoxy groups -OCH3 is 1. The molecule has 0 fully saturated rings. The first kappa shape index (κ1) is 21.3. The molecule has 0 aliphatic rings. The molecule has 28 heavy (non-hydrogen) atoms.